The van der Waals surface area contributed by atoms with Gasteiger partial charge in [0.2, 0.25) is 0 Å². The van der Waals surface area contributed by atoms with Crippen LogP contribution in [-0.2, 0) is 28.6 Å². The predicted octanol–water partition coefficient (Wildman–Crippen LogP) is 19.3. The molecule has 1 atom stereocenters. The highest BCUT2D eigenvalue weighted by atomic mass is 16.6. The fraction of sp³-hybridized carbons (Fsp3) is 0.641. The average Bonchev–Trinajstić information content (AvgIpc) is 3.36. The second-order valence-corrected chi connectivity index (χ2v) is 18.4. The molecule has 0 N–H and O–H groups in total. The van der Waals surface area contributed by atoms with Gasteiger partial charge in [0.25, 0.3) is 0 Å². The number of esters is 3. The van der Waals surface area contributed by atoms with Crippen LogP contribution in [-0.4, -0.2) is 37.2 Å². The molecule has 0 aromatic heterocycles. The summed E-state index contributed by atoms with van der Waals surface area (Å²) in [6.45, 7) is 6.32. The minimum Gasteiger partial charge on any atom is -0.462 e. The van der Waals surface area contributed by atoms with Gasteiger partial charge in [-0.25, -0.2) is 0 Å². The van der Waals surface area contributed by atoms with Gasteiger partial charge in [-0.2, -0.15) is 0 Å². The minimum absolute atomic E-state index is 0.0906. The first-order chi connectivity index (χ1) is 34.5. The molecule has 0 rings (SSSR count). The molecular weight excluding hydrogens is 865 g/mol. The summed E-state index contributed by atoms with van der Waals surface area (Å²) in [7, 11) is 0. The number of ether oxygens (including phenoxy) is 3. The van der Waals surface area contributed by atoms with E-state index in [0.29, 0.717) is 19.3 Å². The Hall–Kier alpha value is -4.19. The minimum atomic E-state index is -0.791. The van der Waals surface area contributed by atoms with E-state index in [1.807, 2.05) is 0 Å². The van der Waals surface area contributed by atoms with Gasteiger partial charge in [-0.1, -0.05) is 239 Å². The Balaban J connectivity index is 4.24. The summed E-state index contributed by atoms with van der Waals surface area (Å²) in [5.41, 5.74) is 0. The molecule has 0 fully saturated rings. The Labute approximate surface area is 431 Å². The van der Waals surface area contributed by atoms with Gasteiger partial charge < -0.3 is 14.2 Å². The number of rotatable bonds is 50. The molecule has 396 valence electrons. The quantitative estimate of drug-likeness (QED) is 0.0262. The van der Waals surface area contributed by atoms with Crippen molar-refractivity contribution in [2.24, 2.45) is 0 Å². The molecule has 0 radical (unpaired) electrons. The first-order valence-corrected chi connectivity index (χ1v) is 28.5. The predicted molar refractivity (Wildman–Crippen MR) is 302 cm³/mol. The summed E-state index contributed by atoms with van der Waals surface area (Å²) in [4.78, 5) is 37.9. The van der Waals surface area contributed by atoms with Crippen molar-refractivity contribution in [1.29, 1.82) is 0 Å². The van der Waals surface area contributed by atoms with E-state index >= 15 is 0 Å². The Morgan fingerprint density at radius 3 is 0.871 bits per heavy atom. The third-order valence-electron chi connectivity index (χ3n) is 11.7. The first kappa shape index (κ1) is 65.8. The first-order valence-electron chi connectivity index (χ1n) is 28.5. The zero-order valence-corrected chi connectivity index (χ0v) is 45.2. The molecule has 0 aliphatic rings. The van der Waals surface area contributed by atoms with E-state index in [1.54, 1.807) is 0 Å². The van der Waals surface area contributed by atoms with Crippen LogP contribution in [0.3, 0.4) is 0 Å². The topological polar surface area (TPSA) is 78.9 Å². The third kappa shape index (κ3) is 54.7. The van der Waals surface area contributed by atoms with E-state index in [0.717, 1.165) is 135 Å². The summed E-state index contributed by atoms with van der Waals surface area (Å²) >= 11 is 0. The van der Waals surface area contributed by atoms with Crippen LogP contribution in [0.1, 0.15) is 245 Å². The third-order valence-corrected chi connectivity index (χ3v) is 11.7. The van der Waals surface area contributed by atoms with Crippen molar-refractivity contribution in [2.45, 2.75) is 252 Å². The van der Waals surface area contributed by atoms with Crippen LogP contribution < -0.4 is 0 Å². The number of carbonyl (C=O) groups is 3. The van der Waals surface area contributed by atoms with Crippen molar-refractivity contribution in [1.82, 2.24) is 0 Å². The van der Waals surface area contributed by atoms with Crippen molar-refractivity contribution >= 4 is 17.9 Å². The van der Waals surface area contributed by atoms with Gasteiger partial charge in [-0.15, -0.1) is 0 Å². The maximum Gasteiger partial charge on any atom is 0.306 e. The summed E-state index contributed by atoms with van der Waals surface area (Å²) in [6.07, 6.45) is 79.3. The molecule has 6 nitrogen and oxygen atoms in total. The lowest BCUT2D eigenvalue weighted by Gasteiger charge is -2.18. The fourth-order valence-electron chi connectivity index (χ4n) is 7.49. The molecule has 0 spiro atoms. The summed E-state index contributed by atoms with van der Waals surface area (Å²) in [5, 5.41) is 0. The van der Waals surface area contributed by atoms with Gasteiger partial charge in [0.1, 0.15) is 13.2 Å². The van der Waals surface area contributed by atoms with E-state index in [-0.39, 0.29) is 31.1 Å². The van der Waals surface area contributed by atoms with Crippen LogP contribution in [0.4, 0.5) is 0 Å². The van der Waals surface area contributed by atoms with Crippen LogP contribution in [0.2, 0.25) is 0 Å². The molecule has 0 amide bonds. The largest absolute Gasteiger partial charge is 0.462 e. The van der Waals surface area contributed by atoms with Crippen LogP contribution in [0.5, 0.6) is 0 Å². The zero-order chi connectivity index (χ0) is 50.7. The van der Waals surface area contributed by atoms with Gasteiger partial charge in [0.05, 0.1) is 0 Å². The maximum absolute atomic E-state index is 12.8. The van der Waals surface area contributed by atoms with Gasteiger partial charge in [-0.05, 0) is 109 Å². The Kier molecular flexibility index (Phi) is 54.0. The smallest absolute Gasteiger partial charge is 0.306 e. The molecule has 0 aromatic carbocycles. The molecule has 0 aliphatic heterocycles. The molecule has 1 unspecified atom stereocenters. The number of carbonyl (C=O) groups excluding carboxylic acids is 3. The monoisotopic (exact) mass is 969 g/mol. The number of allylic oxidation sites excluding steroid dienone is 20. The summed E-state index contributed by atoms with van der Waals surface area (Å²) < 4.78 is 16.7. The highest BCUT2D eigenvalue weighted by molar-refractivity contribution is 5.71. The summed E-state index contributed by atoms with van der Waals surface area (Å²) in [6, 6.07) is 0. The Morgan fingerprint density at radius 2 is 0.557 bits per heavy atom. The van der Waals surface area contributed by atoms with Crippen molar-refractivity contribution in [3.63, 3.8) is 0 Å². The highest BCUT2D eigenvalue weighted by Gasteiger charge is 2.19. The van der Waals surface area contributed by atoms with Gasteiger partial charge in [0, 0.05) is 19.3 Å². The molecule has 0 aromatic rings. The van der Waals surface area contributed by atoms with Crippen LogP contribution in [0.25, 0.3) is 0 Å². The fourth-order valence-corrected chi connectivity index (χ4v) is 7.49. The van der Waals surface area contributed by atoms with Crippen LogP contribution in [0.15, 0.2) is 122 Å². The van der Waals surface area contributed by atoms with Crippen molar-refractivity contribution in [3.05, 3.63) is 122 Å². The summed E-state index contributed by atoms with van der Waals surface area (Å²) in [5.74, 6) is -0.933. The van der Waals surface area contributed by atoms with Gasteiger partial charge in [-0.3, -0.25) is 14.4 Å². The number of unbranched alkanes of at least 4 members (excludes halogenated alkanes) is 19. The van der Waals surface area contributed by atoms with Crippen LogP contribution in [0, 0.1) is 0 Å². The SMILES string of the molecule is CC/C=C\C/C=C\C/C=C\C/C=C\C/C=C\C/C=C\CCCCCCC(=O)OCC(COC(=O)CCCCCCCC)OC(=O)CCCCCCCCCCCC/C=C\C/C=C\C/C=C\C/C=C\CC. The van der Waals surface area contributed by atoms with E-state index in [1.165, 1.54) is 70.6 Å². The highest BCUT2D eigenvalue weighted by Crippen LogP contribution is 2.14. The second kappa shape index (κ2) is 57.4. The molecule has 0 aliphatic carbocycles. The van der Waals surface area contributed by atoms with Gasteiger partial charge in [0.15, 0.2) is 6.10 Å². The second-order valence-electron chi connectivity index (χ2n) is 18.4. The number of hydrogen-bond donors (Lipinski definition) is 0. The van der Waals surface area contributed by atoms with E-state index in [4.69, 9.17) is 14.2 Å². The Morgan fingerprint density at radius 1 is 0.300 bits per heavy atom. The molecule has 6 heteroatoms. The molecule has 70 heavy (non-hydrogen) atoms. The lowest BCUT2D eigenvalue weighted by molar-refractivity contribution is -0.167. The van der Waals surface area contributed by atoms with Crippen molar-refractivity contribution in [3.8, 4) is 0 Å². The lowest BCUT2D eigenvalue weighted by atomic mass is 10.0. The molecule has 0 bridgehead atoms. The average molecular weight is 970 g/mol. The van der Waals surface area contributed by atoms with Crippen LogP contribution >= 0.6 is 0 Å². The van der Waals surface area contributed by atoms with Gasteiger partial charge >= 0.3 is 17.9 Å². The number of hydrogen-bond acceptors (Lipinski definition) is 6. The Bertz CT molecular complexity index is 1490. The normalized spacial score (nSPS) is 13.0. The van der Waals surface area contributed by atoms with E-state index < -0.39 is 6.10 Å². The van der Waals surface area contributed by atoms with E-state index in [9.17, 15) is 14.4 Å². The molecule has 0 saturated carbocycles. The zero-order valence-electron chi connectivity index (χ0n) is 45.2. The molecule has 0 saturated heterocycles. The maximum atomic E-state index is 12.8. The standard InChI is InChI=1S/C64H104O6/c1-4-7-10-13-16-18-20-22-24-26-28-30-32-34-36-38-40-42-44-46-48-51-54-57-63(66)69-60-61(59-68-62(65)56-53-50-15-12-9-6-3)70-64(67)58-55-52-49-47-45-43-41-39-37-35-33-31-29-27-25-23-21-19-17-14-11-8-5-2/h7-8,10-11,16-19,22-25,28-31,34,36,40,42,61H,4-6,9,12-15,20-21,26-27,32-33,35,37-39,41,43-60H2,1-3H3/b10-7-,11-8-,18-16-,19-17-,24-22-,25-23-,30-28-,31-29-,36-34-,42-40-. The molecule has 0 heterocycles. The van der Waals surface area contributed by atoms with Crippen molar-refractivity contribution in [2.75, 3.05) is 13.2 Å². The van der Waals surface area contributed by atoms with E-state index in [2.05, 4.69) is 142 Å². The van der Waals surface area contributed by atoms with Crippen molar-refractivity contribution < 1.29 is 28.6 Å². The lowest BCUT2D eigenvalue weighted by Crippen LogP contribution is -2.30. The molecular formula is C64H104O6.